The van der Waals surface area contributed by atoms with Crippen molar-refractivity contribution in [2.24, 2.45) is 0 Å². The highest BCUT2D eigenvalue weighted by Crippen LogP contribution is 2.35. The molecule has 1 aliphatic heterocycles. The van der Waals surface area contributed by atoms with Crippen LogP contribution in [0.3, 0.4) is 0 Å². The Balaban J connectivity index is 1.93. The molecule has 0 fully saturated rings. The third-order valence-corrected chi connectivity index (χ3v) is 5.07. The van der Waals surface area contributed by atoms with Crippen LogP contribution in [0, 0.1) is 6.92 Å². The Morgan fingerprint density at radius 1 is 1.15 bits per heavy atom. The van der Waals surface area contributed by atoms with Crippen LogP contribution in [-0.4, -0.2) is 6.61 Å². The molecule has 20 heavy (non-hydrogen) atoms. The van der Waals surface area contributed by atoms with Crippen molar-refractivity contribution in [1.29, 1.82) is 0 Å². The van der Waals surface area contributed by atoms with Gasteiger partial charge in [-0.3, -0.25) is 0 Å². The number of benzene rings is 2. The SMILES string of the molecule is Cc1ccc(C(Cl)c2ccc3c(c2)CCCO3)cc1Br. The van der Waals surface area contributed by atoms with Gasteiger partial charge in [0.15, 0.2) is 0 Å². The Bertz CT molecular complexity index is 639. The van der Waals surface area contributed by atoms with Crippen LogP contribution in [-0.2, 0) is 6.42 Å². The number of ether oxygens (including phenoxy) is 1. The summed E-state index contributed by atoms with van der Waals surface area (Å²) in [7, 11) is 0. The molecule has 0 saturated heterocycles. The molecule has 0 aromatic heterocycles. The van der Waals surface area contributed by atoms with Gasteiger partial charge >= 0.3 is 0 Å². The van der Waals surface area contributed by atoms with E-state index < -0.39 is 0 Å². The summed E-state index contributed by atoms with van der Waals surface area (Å²) in [6, 6.07) is 12.6. The predicted octanol–water partition coefficient (Wildman–Crippen LogP) is 5.41. The zero-order valence-corrected chi connectivity index (χ0v) is 13.7. The van der Waals surface area contributed by atoms with E-state index in [2.05, 4.69) is 53.2 Å². The van der Waals surface area contributed by atoms with Crippen molar-refractivity contribution in [3.8, 4) is 5.75 Å². The van der Waals surface area contributed by atoms with Crippen molar-refractivity contribution in [2.45, 2.75) is 25.1 Å². The Hall–Kier alpha value is -0.990. The van der Waals surface area contributed by atoms with E-state index in [1.54, 1.807) is 0 Å². The van der Waals surface area contributed by atoms with Crippen molar-refractivity contribution < 1.29 is 4.74 Å². The molecule has 0 saturated carbocycles. The molecule has 104 valence electrons. The second-order valence-electron chi connectivity index (χ2n) is 5.19. The Kier molecular flexibility index (Phi) is 4.04. The number of aryl methyl sites for hydroxylation is 2. The number of halogens is 2. The fourth-order valence-electron chi connectivity index (χ4n) is 2.50. The van der Waals surface area contributed by atoms with Gasteiger partial charge in [0.25, 0.3) is 0 Å². The second kappa shape index (κ2) is 5.79. The third-order valence-electron chi connectivity index (χ3n) is 3.71. The molecular weight excluding hydrogens is 336 g/mol. The first kappa shape index (κ1) is 14.0. The van der Waals surface area contributed by atoms with Gasteiger partial charge in [-0.15, -0.1) is 11.6 Å². The van der Waals surface area contributed by atoms with Gasteiger partial charge in [0.1, 0.15) is 5.75 Å². The molecule has 1 unspecified atom stereocenters. The number of alkyl halides is 1. The highest BCUT2D eigenvalue weighted by atomic mass is 79.9. The lowest BCUT2D eigenvalue weighted by atomic mass is 9.98. The molecule has 3 heteroatoms. The lowest BCUT2D eigenvalue weighted by molar-refractivity contribution is 0.288. The van der Waals surface area contributed by atoms with Crippen LogP contribution < -0.4 is 4.74 Å². The van der Waals surface area contributed by atoms with Gasteiger partial charge in [-0.05, 0) is 54.2 Å². The molecule has 2 aromatic rings. The van der Waals surface area contributed by atoms with Crippen LogP contribution in [0.1, 0.15) is 34.1 Å². The van der Waals surface area contributed by atoms with Crippen molar-refractivity contribution >= 4 is 27.5 Å². The van der Waals surface area contributed by atoms with Gasteiger partial charge in [0, 0.05) is 4.47 Å². The summed E-state index contributed by atoms with van der Waals surface area (Å²) in [4.78, 5) is 0. The monoisotopic (exact) mass is 350 g/mol. The summed E-state index contributed by atoms with van der Waals surface area (Å²) in [6.45, 7) is 2.90. The molecule has 1 aliphatic rings. The lowest BCUT2D eigenvalue weighted by Crippen LogP contribution is -2.09. The molecule has 0 N–H and O–H groups in total. The minimum absolute atomic E-state index is 0.126. The zero-order chi connectivity index (χ0) is 14.1. The lowest BCUT2D eigenvalue weighted by Gasteiger charge is -2.19. The molecule has 0 radical (unpaired) electrons. The Morgan fingerprint density at radius 3 is 2.70 bits per heavy atom. The Labute approximate surface area is 133 Å². The van der Waals surface area contributed by atoms with Gasteiger partial charge in [-0.2, -0.15) is 0 Å². The van der Waals surface area contributed by atoms with Gasteiger partial charge in [0.05, 0.1) is 12.0 Å². The summed E-state index contributed by atoms with van der Waals surface area (Å²) in [5, 5.41) is -0.126. The average molecular weight is 352 g/mol. The maximum absolute atomic E-state index is 6.64. The first-order valence-electron chi connectivity index (χ1n) is 6.81. The van der Waals surface area contributed by atoms with Crippen LogP contribution in [0.2, 0.25) is 0 Å². The van der Waals surface area contributed by atoms with Gasteiger partial charge in [-0.25, -0.2) is 0 Å². The molecule has 0 aliphatic carbocycles. The largest absolute Gasteiger partial charge is 0.493 e. The Morgan fingerprint density at radius 2 is 1.90 bits per heavy atom. The van der Waals surface area contributed by atoms with E-state index in [0.717, 1.165) is 40.8 Å². The third kappa shape index (κ3) is 2.72. The first-order chi connectivity index (χ1) is 9.65. The average Bonchev–Trinajstić information content (AvgIpc) is 2.49. The first-order valence-corrected chi connectivity index (χ1v) is 8.04. The summed E-state index contributed by atoms with van der Waals surface area (Å²) in [6.07, 6.45) is 2.16. The molecule has 0 bridgehead atoms. The van der Waals surface area contributed by atoms with Crippen molar-refractivity contribution in [1.82, 2.24) is 0 Å². The van der Waals surface area contributed by atoms with Crippen LogP contribution in [0.4, 0.5) is 0 Å². The number of rotatable bonds is 2. The number of hydrogen-bond acceptors (Lipinski definition) is 1. The summed E-state index contributed by atoms with van der Waals surface area (Å²) < 4.78 is 6.75. The molecule has 1 atom stereocenters. The predicted molar refractivity (Wildman–Crippen MR) is 86.8 cm³/mol. The van der Waals surface area contributed by atoms with Gasteiger partial charge in [-0.1, -0.05) is 40.2 Å². The molecule has 0 spiro atoms. The minimum atomic E-state index is -0.126. The zero-order valence-electron chi connectivity index (χ0n) is 11.3. The van der Waals surface area contributed by atoms with Gasteiger partial charge in [0.2, 0.25) is 0 Å². The van der Waals surface area contributed by atoms with E-state index in [9.17, 15) is 0 Å². The van der Waals surface area contributed by atoms with E-state index in [-0.39, 0.29) is 5.38 Å². The molecule has 3 rings (SSSR count). The van der Waals surface area contributed by atoms with Crippen LogP contribution in [0.5, 0.6) is 5.75 Å². The normalized spacial score (nSPS) is 15.3. The van der Waals surface area contributed by atoms with Crippen LogP contribution in [0.15, 0.2) is 40.9 Å². The topological polar surface area (TPSA) is 9.23 Å². The molecule has 1 heterocycles. The highest BCUT2D eigenvalue weighted by Gasteiger charge is 2.16. The maximum atomic E-state index is 6.64. The fraction of sp³-hybridized carbons (Fsp3) is 0.294. The fourth-order valence-corrected chi connectivity index (χ4v) is 3.17. The molecule has 0 amide bonds. The van der Waals surface area contributed by atoms with E-state index in [0.29, 0.717) is 0 Å². The highest BCUT2D eigenvalue weighted by molar-refractivity contribution is 9.10. The van der Waals surface area contributed by atoms with Crippen LogP contribution >= 0.6 is 27.5 Å². The van der Waals surface area contributed by atoms with E-state index in [1.807, 2.05) is 6.07 Å². The van der Waals surface area contributed by atoms with E-state index >= 15 is 0 Å². The second-order valence-corrected chi connectivity index (χ2v) is 6.48. The van der Waals surface area contributed by atoms with Crippen LogP contribution in [0.25, 0.3) is 0 Å². The standard InChI is InChI=1S/C17H16BrClO/c1-11-4-5-14(10-15(11)18)17(19)13-6-7-16-12(9-13)3-2-8-20-16/h4-7,9-10,17H,2-3,8H2,1H3. The smallest absolute Gasteiger partial charge is 0.122 e. The van der Waals surface area contributed by atoms with E-state index in [1.165, 1.54) is 11.1 Å². The summed E-state index contributed by atoms with van der Waals surface area (Å²) in [5.74, 6) is 1.01. The molecule has 1 nitrogen and oxygen atoms in total. The summed E-state index contributed by atoms with van der Waals surface area (Å²) >= 11 is 10.2. The molecular formula is C17H16BrClO. The van der Waals surface area contributed by atoms with Crippen molar-refractivity contribution in [3.63, 3.8) is 0 Å². The number of hydrogen-bond donors (Lipinski definition) is 0. The minimum Gasteiger partial charge on any atom is -0.493 e. The van der Waals surface area contributed by atoms with Gasteiger partial charge < -0.3 is 4.74 Å². The number of fused-ring (bicyclic) bond motifs is 1. The molecule has 2 aromatic carbocycles. The summed E-state index contributed by atoms with van der Waals surface area (Å²) in [5.41, 5.74) is 4.73. The van der Waals surface area contributed by atoms with Crippen molar-refractivity contribution in [2.75, 3.05) is 6.61 Å². The maximum Gasteiger partial charge on any atom is 0.122 e. The quantitative estimate of drug-likeness (QED) is 0.657. The van der Waals surface area contributed by atoms with E-state index in [4.69, 9.17) is 16.3 Å². The van der Waals surface area contributed by atoms with Crippen molar-refractivity contribution in [3.05, 3.63) is 63.1 Å².